The molecular weight excluding hydrogens is 288 g/mol. The fourth-order valence-electron chi connectivity index (χ4n) is 1.77. The van der Waals surface area contributed by atoms with Gasteiger partial charge in [-0.25, -0.2) is 0 Å². The lowest BCUT2D eigenvalue weighted by Crippen LogP contribution is -2.40. The van der Waals surface area contributed by atoms with Crippen LogP contribution >= 0.6 is 11.6 Å². The van der Waals surface area contributed by atoms with Crippen LogP contribution in [0.1, 0.15) is 0 Å². The molecule has 0 bridgehead atoms. The molecule has 0 spiro atoms. The zero-order valence-electron chi connectivity index (χ0n) is 10.3. The summed E-state index contributed by atoms with van der Waals surface area (Å²) in [6.45, 7) is -0.598. The number of anilines is 1. The van der Waals surface area contributed by atoms with E-state index in [0.717, 1.165) is 0 Å². The largest absolute Gasteiger partial charge is 0.469 e. The van der Waals surface area contributed by atoms with E-state index < -0.39 is 31.0 Å². The van der Waals surface area contributed by atoms with Crippen LogP contribution in [-0.2, 0) is 4.74 Å². The average molecular weight is 303 g/mol. The first-order chi connectivity index (χ1) is 9.54. The normalized spacial score (nSPS) is 29.2. The summed E-state index contributed by atoms with van der Waals surface area (Å²) in [5.41, 5.74) is 3.10. The number of aliphatic hydroxyl groups excluding tert-OH is 4. The summed E-state index contributed by atoms with van der Waals surface area (Å²) in [4.78, 5) is 0. The van der Waals surface area contributed by atoms with Crippen LogP contribution in [0.3, 0.4) is 0 Å². The summed E-state index contributed by atoms with van der Waals surface area (Å²) in [5.74, 6) is -0.185. The lowest BCUT2D eigenvalue weighted by molar-refractivity contribution is -0.0589. The molecule has 0 saturated carbocycles. The lowest BCUT2D eigenvalue weighted by atomic mass is 10.1. The molecule has 20 heavy (non-hydrogen) atoms. The van der Waals surface area contributed by atoms with Crippen LogP contribution in [0.15, 0.2) is 29.4 Å². The standard InChI is InChI=1S/C12H15ClN2O5/c13-6-3-1-2-4-7(6)14-15-12-10(19)9(18)11(20-12)8(17)5-16/h1-4,8-11,14,16-19H,5H2/b15-12+/t8-,9+,10+,11-/m0/s1. The second-order valence-electron chi connectivity index (χ2n) is 4.31. The lowest BCUT2D eigenvalue weighted by Gasteiger charge is -2.17. The second kappa shape index (κ2) is 6.38. The minimum Gasteiger partial charge on any atom is -0.469 e. The third kappa shape index (κ3) is 3.02. The Bertz CT molecular complexity index is 498. The molecule has 7 nitrogen and oxygen atoms in total. The first-order valence-corrected chi connectivity index (χ1v) is 6.32. The predicted molar refractivity (Wildman–Crippen MR) is 72.5 cm³/mol. The van der Waals surface area contributed by atoms with Crippen LogP contribution in [0.2, 0.25) is 5.02 Å². The van der Waals surface area contributed by atoms with Crippen LogP contribution in [0.25, 0.3) is 0 Å². The summed E-state index contributed by atoms with van der Waals surface area (Å²) in [6.07, 6.45) is -5.21. The van der Waals surface area contributed by atoms with E-state index in [1.807, 2.05) is 0 Å². The van der Waals surface area contributed by atoms with Gasteiger partial charge in [-0.1, -0.05) is 23.7 Å². The Hall–Kier alpha value is -1.38. The number of hydrazone groups is 1. The fourth-order valence-corrected chi connectivity index (χ4v) is 1.95. The van der Waals surface area contributed by atoms with Crippen molar-refractivity contribution in [3.63, 3.8) is 0 Å². The molecule has 0 amide bonds. The highest BCUT2D eigenvalue weighted by molar-refractivity contribution is 6.33. The first-order valence-electron chi connectivity index (χ1n) is 5.94. The second-order valence-corrected chi connectivity index (χ2v) is 4.72. The number of nitrogens with zero attached hydrogens (tertiary/aromatic N) is 1. The Morgan fingerprint density at radius 2 is 2.05 bits per heavy atom. The predicted octanol–water partition coefficient (Wildman–Crippen LogP) is -0.461. The van der Waals surface area contributed by atoms with Crippen molar-refractivity contribution in [2.45, 2.75) is 24.4 Å². The number of rotatable bonds is 4. The smallest absolute Gasteiger partial charge is 0.238 e. The van der Waals surface area contributed by atoms with Gasteiger partial charge in [-0.2, -0.15) is 0 Å². The highest BCUT2D eigenvalue weighted by Gasteiger charge is 2.44. The van der Waals surface area contributed by atoms with Crippen LogP contribution in [-0.4, -0.2) is 57.3 Å². The molecule has 1 aliphatic rings. The monoisotopic (exact) mass is 302 g/mol. The summed E-state index contributed by atoms with van der Waals surface area (Å²) in [6, 6.07) is 6.82. The van der Waals surface area contributed by atoms with Crippen LogP contribution in [0, 0.1) is 0 Å². The van der Waals surface area contributed by atoms with Crippen molar-refractivity contribution >= 4 is 23.2 Å². The molecule has 1 aromatic rings. The molecule has 1 fully saturated rings. The number of hydrogen-bond donors (Lipinski definition) is 5. The van der Waals surface area contributed by atoms with E-state index in [4.69, 9.17) is 21.4 Å². The Balaban J connectivity index is 2.09. The van der Waals surface area contributed by atoms with E-state index in [0.29, 0.717) is 10.7 Å². The van der Waals surface area contributed by atoms with E-state index in [1.165, 1.54) is 0 Å². The zero-order valence-corrected chi connectivity index (χ0v) is 11.1. The number of ether oxygens (including phenoxy) is 1. The molecule has 110 valence electrons. The molecule has 5 N–H and O–H groups in total. The molecule has 1 aromatic carbocycles. The number of halogens is 1. The van der Waals surface area contributed by atoms with Gasteiger partial charge in [0.05, 0.1) is 17.3 Å². The molecule has 1 saturated heterocycles. The summed E-state index contributed by atoms with van der Waals surface area (Å²) < 4.78 is 5.13. The molecule has 0 aliphatic carbocycles. The minimum absolute atomic E-state index is 0.185. The van der Waals surface area contributed by atoms with Crippen molar-refractivity contribution < 1.29 is 25.2 Å². The van der Waals surface area contributed by atoms with Crippen LogP contribution in [0.4, 0.5) is 5.69 Å². The third-order valence-electron chi connectivity index (χ3n) is 2.90. The van der Waals surface area contributed by atoms with Crippen molar-refractivity contribution in [1.82, 2.24) is 0 Å². The van der Waals surface area contributed by atoms with Crippen LogP contribution < -0.4 is 5.43 Å². The van der Waals surface area contributed by atoms with Gasteiger partial charge in [0, 0.05) is 0 Å². The molecule has 1 heterocycles. The van der Waals surface area contributed by atoms with Gasteiger partial charge < -0.3 is 25.2 Å². The molecular formula is C12H15ClN2O5. The number of para-hydroxylation sites is 1. The van der Waals surface area contributed by atoms with Crippen molar-refractivity contribution in [3.05, 3.63) is 29.3 Å². The third-order valence-corrected chi connectivity index (χ3v) is 3.23. The summed E-state index contributed by atoms with van der Waals surface area (Å²) in [5, 5.41) is 42.0. The Morgan fingerprint density at radius 1 is 1.35 bits per heavy atom. The van der Waals surface area contributed by atoms with E-state index in [1.54, 1.807) is 24.3 Å². The van der Waals surface area contributed by atoms with Crippen LogP contribution in [0.5, 0.6) is 0 Å². The minimum atomic E-state index is -1.39. The quantitative estimate of drug-likeness (QED) is 0.481. The van der Waals surface area contributed by atoms with Gasteiger partial charge in [0.25, 0.3) is 0 Å². The number of benzene rings is 1. The maximum atomic E-state index is 9.75. The Labute approximate surface area is 120 Å². The van der Waals surface area contributed by atoms with Gasteiger partial charge in [0.15, 0.2) is 12.2 Å². The van der Waals surface area contributed by atoms with Crippen molar-refractivity contribution in [3.8, 4) is 0 Å². The Morgan fingerprint density at radius 3 is 2.70 bits per heavy atom. The SMILES string of the molecule is OC[C@H](O)[C@@H]1O/C(=N/Nc2ccccc2Cl)[C@H](O)[C@H]1O. The van der Waals surface area contributed by atoms with Gasteiger partial charge in [-0.05, 0) is 12.1 Å². The van der Waals surface area contributed by atoms with Gasteiger partial charge in [0.1, 0.15) is 12.2 Å². The molecule has 0 unspecified atom stereocenters. The zero-order chi connectivity index (χ0) is 14.7. The van der Waals surface area contributed by atoms with Gasteiger partial charge >= 0.3 is 0 Å². The molecule has 0 radical (unpaired) electrons. The van der Waals surface area contributed by atoms with Crippen molar-refractivity contribution in [2.75, 3.05) is 12.0 Å². The van der Waals surface area contributed by atoms with E-state index in [9.17, 15) is 15.3 Å². The first kappa shape index (κ1) is 15.0. The van der Waals surface area contributed by atoms with Crippen molar-refractivity contribution in [1.29, 1.82) is 0 Å². The molecule has 0 aromatic heterocycles. The Kier molecular flexibility index (Phi) is 4.79. The highest BCUT2D eigenvalue weighted by atomic mass is 35.5. The maximum Gasteiger partial charge on any atom is 0.238 e. The topological polar surface area (TPSA) is 115 Å². The van der Waals surface area contributed by atoms with E-state index in [-0.39, 0.29) is 5.90 Å². The molecule has 4 atom stereocenters. The van der Waals surface area contributed by atoms with E-state index in [2.05, 4.69) is 10.5 Å². The van der Waals surface area contributed by atoms with Gasteiger partial charge in [0.2, 0.25) is 5.90 Å². The van der Waals surface area contributed by atoms with Gasteiger partial charge in [-0.15, -0.1) is 5.10 Å². The van der Waals surface area contributed by atoms with E-state index >= 15 is 0 Å². The number of aliphatic hydroxyl groups is 4. The highest BCUT2D eigenvalue weighted by Crippen LogP contribution is 2.23. The molecule has 1 aliphatic heterocycles. The summed E-state index contributed by atoms with van der Waals surface area (Å²) >= 11 is 5.92. The summed E-state index contributed by atoms with van der Waals surface area (Å²) in [7, 11) is 0. The van der Waals surface area contributed by atoms with Crippen molar-refractivity contribution in [2.24, 2.45) is 5.10 Å². The number of hydrogen-bond acceptors (Lipinski definition) is 7. The molecule has 2 rings (SSSR count). The fraction of sp³-hybridized carbons (Fsp3) is 0.417. The number of nitrogens with one attached hydrogen (secondary N) is 1. The average Bonchev–Trinajstić information content (AvgIpc) is 2.74. The molecule has 8 heteroatoms. The maximum absolute atomic E-state index is 9.75. The van der Waals surface area contributed by atoms with Gasteiger partial charge in [-0.3, -0.25) is 5.43 Å².